The van der Waals surface area contributed by atoms with E-state index in [1.165, 1.54) is 5.56 Å². The van der Waals surface area contributed by atoms with Gasteiger partial charge in [0.25, 0.3) is 0 Å². The standard InChI is InChI=1S/C17H25N3O/c1-4-10-18-16(17-19-11-12-20(17)3)14-6-8-15(9-7-14)21-13-5-2/h6-9,11-12,16,18H,4-5,10,13H2,1-3H3. The Hall–Kier alpha value is -1.81. The summed E-state index contributed by atoms with van der Waals surface area (Å²) in [5.74, 6) is 1.96. The molecule has 0 radical (unpaired) electrons. The van der Waals surface area contributed by atoms with Gasteiger partial charge in [0.15, 0.2) is 0 Å². The van der Waals surface area contributed by atoms with Gasteiger partial charge in [-0.05, 0) is 37.1 Å². The number of hydrogen-bond donors (Lipinski definition) is 1. The largest absolute Gasteiger partial charge is 0.494 e. The molecule has 0 amide bonds. The summed E-state index contributed by atoms with van der Waals surface area (Å²) < 4.78 is 7.71. The highest BCUT2D eigenvalue weighted by atomic mass is 16.5. The molecule has 4 heteroatoms. The van der Waals surface area contributed by atoms with Crippen LogP contribution in [0.1, 0.15) is 44.1 Å². The van der Waals surface area contributed by atoms with Crippen molar-refractivity contribution in [2.45, 2.75) is 32.7 Å². The minimum absolute atomic E-state index is 0.116. The molecule has 21 heavy (non-hydrogen) atoms. The quantitative estimate of drug-likeness (QED) is 0.809. The van der Waals surface area contributed by atoms with Crippen LogP contribution in [0, 0.1) is 0 Å². The van der Waals surface area contributed by atoms with Gasteiger partial charge in [-0.1, -0.05) is 26.0 Å². The minimum atomic E-state index is 0.116. The van der Waals surface area contributed by atoms with E-state index >= 15 is 0 Å². The van der Waals surface area contributed by atoms with Gasteiger partial charge in [0.05, 0.1) is 12.6 Å². The van der Waals surface area contributed by atoms with Gasteiger partial charge in [0.2, 0.25) is 0 Å². The van der Waals surface area contributed by atoms with Crippen LogP contribution in [-0.2, 0) is 7.05 Å². The van der Waals surface area contributed by atoms with E-state index in [1.807, 2.05) is 31.6 Å². The molecule has 2 aromatic rings. The molecule has 0 spiro atoms. The maximum absolute atomic E-state index is 5.64. The van der Waals surface area contributed by atoms with Gasteiger partial charge in [0, 0.05) is 19.4 Å². The van der Waals surface area contributed by atoms with E-state index in [1.54, 1.807) is 0 Å². The van der Waals surface area contributed by atoms with E-state index in [4.69, 9.17) is 4.74 Å². The number of hydrogen-bond acceptors (Lipinski definition) is 3. The highest BCUT2D eigenvalue weighted by Gasteiger charge is 2.17. The average Bonchev–Trinajstić information content (AvgIpc) is 2.93. The number of rotatable bonds is 8. The van der Waals surface area contributed by atoms with E-state index in [2.05, 4.69) is 40.8 Å². The Bertz CT molecular complexity index is 533. The summed E-state index contributed by atoms with van der Waals surface area (Å²) in [5.41, 5.74) is 1.21. The first-order valence-corrected chi connectivity index (χ1v) is 7.69. The van der Waals surface area contributed by atoms with Crippen molar-refractivity contribution >= 4 is 0 Å². The van der Waals surface area contributed by atoms with Crippen LogP contribution in [0.2, 0.25) is 0 Å². The van der Waals surface area contributed by atoms with E-state index in [0.29, 0.717) is 0 Å². The van der Waals surface area contributed by atoms with Crippen molar-refractivity contribution in [3.8, 4) is 5.75 Å². The second kappa shape index (κ2) is 7.84. The molecule has 1 atom stereocenters. The van der Waals surface area contributed by atoms with E-state index < -0.39 is 0 Å². The Kier molecular flexibility index (Phi) is 5.81. The van der Waals surface area contributed by atoms with Crippen molar-refractivity contribution < 1.29 is 4.74 Å². The highest BCUT2D eigenvalue weighted by molar-refractivity contribution is 5.32. The first kappa shape index (κ1) is 15.6. The molecule has 0 aliphatic heterocycles. The van der Waals surface area contributed by atoms with Crippen molar-refractivity contribution in [3.63, 3.8) is 0 Å². The van der Waals surface area contributed by atoms with Crippen LogP contribution >= 0.6 is 0 Å². The number of aryl methyl sites for hydroxylation is 1. The molecule has 0 saturated heterocycles. The summed E-state index contributed by atoms with van der Waals surface area (Å²) >= 11 is 0. The number of ether oxygens (including phenoxy) is 1. The fourth-order valence-electron chi connectivity index (χ4n) is 2.28. The second-order valence-corrected chi connectivity index (χ2v) is 5.20. The van der Waals surface area contributed by atoms with Crippen molar-refractivity contribution in [1.82, 2.24) is 14.9 Å². The molecule has 0 fully saturated rings. The normalized spacial score (nSPS) is 12.3. The van der Waals surface area contributed by atoms with Gasteiger partial charge in [-0.2, -0.15) is 0 Å². The van der Waals surface area contributed by atoms with Crippen LogP contribution in [0.25, 0.3) is 0 Å². The molecule has 0 aliphatic carbocycles. The fourth-order valence-corrected chi connectivity index (χ4v) is 2.28. The lowest BCUT2D eigenvalue weighted by atomic mass is 10.1. The Balaban J connectivity index is 2.18. The molecule has 4 nitrogen and oxygen atoms in total. The molecule has 1 aromatic carbocycles. The maximum Gasteiger partial charge on any atom is 0.130 e. The van der Waals surface area contributed by atoms with Crippen molar-refractivity contribution in [3.05, 3.63) is 48.0 Å². The van der Waals surface area contributed by atoms with Crippen LogP contribution in [0.15, 0.2) is 36.7 Å². The summed E-state index contributed by atoms with van der Waals surface area (Å²) in [6, 6.07) is 8.42. The van der Waals surface area contributed by atoms with Crippen molar-refractivity contribution in [2.24, 2.45) is 7.05 Å². The molecule has 1 N–H and O–H groups in total. The number of benzene rings is 1. The Morgan fingerprint density at radius 2 is 1.95 bits per heavy atom. The lowest BCUT2D eigenvalue weighted by Gasteiger charge is -2.19. The zero-order chi connectivity index (χ0) is 15.1. The topological polar surface area (TPSA) is 39.1 Å². The average molecular weight is 287 g/mol. The number of aromatic nitrogens is 2. The number of nitrogens with zero attached hydrogens (tertiary/aromatic N) is 2. The predicted octanol–water partition coefficient (Wildman–Crippen LogP) is 3.30. The van der Waals surface area contributed by atoms with Crippen LogP contribution in [0.5, 0.6) is 5.75 Å². The fraction of sp³-hybridized carbons (Fsp3) is 0.471. The summed E-state index contributed by atoms with van der Waals surface area (Å²) in [4.78, 5) is 4.49. The molecular weight excluding hydrogens is 262 g/mol. The highest BCUT2D eigenvalue weighted by Crippen LogP contribution is 2.23. The Morgan fingerprint density at radius 3 is 2.52 bits per heavy atom. The molecular formula is C17H25N3O. The molecule has 0 saturated carbocycles. The van der Waals surface area contributed by atoms with Crippen molar-refractivity contribution in [2.75, 3.05) is 13.2 Å². The molecule has 1 heterocycles. The Labute approximate surface area is 127 Å². The van der Waals surface area contributed by atoms with Gasteiger partial charge in [-0.15, -0.1) is 0 Å². The second-order valence-electron chi connectivity index (χ2n) is 5.20. The molecule has 1 unspecified atom stereocenters. The molecule has 0 aliphatic rings. The summed E-state index contributed by atoms with van der Waals surface area (Å²) in [5, 5.41) is 3.57. The van der Waals surface area contributed by atoms with E-state index in [0.717, 1.165) is 37.6 Å². The van der Waals surface area contributed by atoms with Crippen molar-refractivity contribution in [1.29, 1.82) is 0 Å². The first-order chi connectivity index (χ1) is 10.3. The smallest absolute Gasteiger partial charge is 0.130 e. The third-order valence-electron chi connectivity index (χ3n) is 3.40. The lowest BCUT2D eigenvalue weighted by Crippen LogP contribution is -2.25. The predicted molar refractivity (Wildman–Crippen MR) is 85.6 cm³/mol. The monoisotopic (exact) mass is 287 g/mol. The van der Waals surface area contributed by atoms with Crippen LogP contribution in [0.4, 0.5) is 0 Å². The zero-order valence-corrected chi connectivity index (χ0v) is 13.2. The van der Waals surface area contributed by atoms with Gasteiger partial charge in [-0.25, -0.2) is 4.98 Å². The van der Waals surface area contributed by atoms with E-state index in [-0.39, 0.29) is 6.04 Å². The van der Waals surface area contributed by atoms with E-state index in [9.17, 15) is 0 Å². The third kappa shape index (κ3) is 4.08. The lowest BCUT2D eigenvalue weighted by molar-refractivity contribution is 0.317. The summed E-state index contributed by atoms with van der Waals surface area (Å²) in [6.07, 6.45) is 5.94. The summed E-state index contributed by atoms with van der Waals surface area (Å²) in [7, 11) is 2.03. The molecule has 2 rings (SSSR count). The summed E-state index contributed by atoms with van der Waals surface area (Å²) in [6.45, 7) is 6.01. The van der Waals surface area contributed by atoms with Crippen LogP contribution < -0.4 is 10.1 Å². The van der Waals surface area contributed by atoms with Crippen LogP contribution in [-0.4, -0.2) is 22.7 Å². The van der Waals surface area contributed by atoms with Crippen LogP contribution in [0.3, 0.4) is 0 Å². The SMILES string of the molecule is CCCNC(c1ccc(OCCC)cc1)c1nccn1C. The first-order valence-electron chi connectivity index (χ1n) is 7.69. The van der Waals surface area contributed by atoms with Gasteiger partial charge < -0.3 is 14.6 Å². The molecule has 1 aromatic heterocycles. The number of nitrogens with one attached hydrogen (secondary N) is 1. The van der Waals surface area contributed by atoms with Gasteiger partial charge in [0.1, 0.15) is 11.6 Å². The molecule has 114 valence electrons. The Morgan fingerprint density at radius 1 is 1.19 bits per heavy atom. The maximum atomic E-state index is 5.64. The minimum Gasteiger partial charge on any atom is -0.494 e. The number of imidazole rings is 1. The van der Waals surface area contributed by atoms with Gasteiger partial charge in [-0.3, -0.25) is 0 Å². The third-order valence-corrected chi connectivity index (χ3v) is 3.40. The van der Waals surface area contributed by atoms with Gasteiger partial charge >= 0.3 is 0 Å². The molecule has 0 bridgehead atoms. The zero-order valence-electron chi connectivity index (χ0n) is 13.2.